The monoisotopic (exact) mass is 294 g/mol. The van der Waals surface area contributed by atoms with Crippen LogP contribution >= 0.6 is 0 Å². The number of aliphatic hydroxyl groups excluding tert-OH is 1. The van der Waals surface area contributed by atoms with E-state index in [1.807, 2.05) is 19.9 Å². The lowest BCUT2D eigenvalue weighted by molar-refractivity contribution is -0.203. The van der Waals surface area contributed by atoms with E-state index in [0.717, 1.165) is 0 Å². The van der Waals surface area contributed by atoms with Crippen LogP contribution in [-0.4, -0.2) is 49.2 Å². The molecule has 5 heteroatoms. The van der Waals surface area contributed by atoms with Gasteiger partial charge in [-0.3, -0.25) is 0 Å². The summed E-state index contributed by atoms with van der Waals surface area (Å²) in [5.74, 6) is -0.530. The van der Waals surface area contributed by atoms with Crippen molar-refractivity contribution in [3.8, 4) is 0 Å². The van der Waals surface area contributed by atoms with Crippen LogP contribution in [0, 0.1) is 5.92 Å². The van der Waals surface area contributed by atoms with Gasteiger partial charge in [0.2, 0.25) is 0 Å². The molecule has 116 valence electrons. The van der Waals surface area contributed by atoms with Crippen LogP contribution in [0.3, 0.4) is 0 Å². The van der Waals surface area contributed by atoms with Gasteiger partial charge in [-0.15, -0.1) is 0 Å². The summed E-state index contributed by atoms with van der Waals surface area (Å²) < 4.78 is 16.3. The number of methoxy groups -OCH3 is 1. The predicted molar refractivity (Wildman–Crippen MR) is 77.0 cm³/mol. The average molecular weight is 294 g/mol. The lowest BCUT2D eigenvalue weighted by Gasteiger charge is -2.41. The van der Waals surface area contributed by atoms with Gasteiger partial charge in [-0.25, -0.2) is 4.79 Å². The molecule has 1 aromatic rings. The summed E-state index contributed by atoms with van der Waals surface area (Å²) >= 11 is 0. The van der Waals surface area contributed by atoms with Crippen molar-refractivity contribution in [3.63, 3.8) is 0 Å². The molecule has 1 aromatic carbocycles. The van der Waals surface area contributed by atoms with E-state index in [1.165, 1.54) is 0 Å². The fraction of sp³-hybridized carbons (Fsp3) is 0.562. The van der Waals surface area contributed by atoms with E-state index in [9.17, 15) is 9.90 Å². The van der Waals surface area contributed by atoms with Crippen molar-refractivity contribution in [2.24, 2.45) is 5.92 Å². The van der Waals surface area contributed by atoms with E-state index >= 15 is 0 Å². The summed E-state index contributed by atoms with van der Waals surface area (Å²) in [6, 6.07) is 8.76. The van der Waals surface area contributed by atoms with Gasteiger partial charge in [0.1, 0.15) is 18.3 Å². The Bertz CT molecular complexity index is 461. The zero-order valence-corrected chi connectivity index (χ0v) is 12.6. The van der Waals surface area contributed by atoms with Gasteiger partial charge in [-0.1, -0.05) is 25.1 Å². The first kappa shape index (κ1) is 15.9. The molecule has 1 heterocycles. The Balaban J connectivity index is 2.10. The molecule has 0 saturated carbocycles. The molecule has 1 aliphatic heterocycles. The fourth-order valence-corrected chi connectivity index (χ4v) is 2.51. The van der Waals surface area contributed by atoms with Crippen molar-refractivity contribution in [2.45, 2.75) is 38.3 Å². The number of esters is 1. The molecule has 0 spiro atoms. The second kappa shape index (κ2) is 7.02. The number of ether oxygens (including phenoxy) is 3. The largest absolute Gasteiger partial charge is 0.456 e. The van der Waals surface area contributed by atoms with Gasteiger partial charge in [0.05, 0.1) is 18.3 Å². The third kappa shape index (κ3) is 3.61. The number of hydrogen-bond acceptors (Lipinski definition) is 5. The molecule has 21 heavy (non-hydrogen) atoms. The van der Waals surface area contributed by atoms with E-state index < -0.39 is 24.3 Å². The lowest BCUT2D eigenvalue weighted by atomic mass is 9.88. The summed E-state index contributed by atoms with van der Waals surface area (Å²) in [6.07, 6.45) is -2.12. The molecule has 0 bridgehead atoms. The topological polar surface area (TPSA) is 65.0 Å². The molecule has 0 aliphatic carbocycles. The second-order valence-corrected chi connectivity index (χ2v) is 5.42. The third-order valence-electron chi connectivity index (χ3n) is 3.95. The minimum absolute atomic E-state index is 0.0965. The van der Waals surface area contributed by atoms with E-state index in [0.29, 0.717) is 5.56 Å². The lowest BCUT2D eigenvalue weighted by Crippen LogP contribution is -2.55. The first-order valence-corrected chi connectivity index (χ1v) is 7.13. The Morgan fingerprint density at radius 1 is 1.29 bits per heavy atom. The molecule has 5 atom stereocenters. The van der Waals surface area contributed by atoms with Crippen molar-refractivity contribution >= 4 is 5.97 Å². The molecule has 2 rings (SSSR count). The van der Waals surface area contributed by atoms with Gasteiger partial charge < -0.3 is 19.3 Å². The molecule has 0 radical (unpaired) electrons. The quantitative estimate of drug-likeness (QED) is 0.855. The van der Waals surface area contributed by atoms with Crippen molar-refractivity contribution in [2.75, 3.05) is 13.7 Å². The predicted octanol–water partition coefficient (Wildman–Crippen LogP) is 1.64. The number of aliphatic hydroxyl groups is 1. The Morgan fingerprint density at radius 3 is 2.57 bits per heavy atom. The van der Waals surface area contributed by atoms with Gasteiger partial charge in [0.25, 0.3) is 0 Å². The highest BCUT2D eigenvalue weighted by molar-refractivity contribution is 5.89. The van der Waals surface area contributed by atoms with E-state index in [2.05, 4.69) is 0 Å². The summed E-state index contributed by atoms with van der Waals surface area (Å²) in [6.45, 7) is 4.07. The molecular formula is C16H22O5. The molecular weight excluding hydrogens is 272 g/mol. The minimum Gasteiger partial charge on any atom is -0.456 e. The second-order valence-electron chi connectivity index (χ2n) is 5.42. The van der Waals surface area contributed by atoms with Gasteiger partial charge in [0.15, 0.2) is 0 Å². The number of benzene rings is 1. The Kier molecular flexibility index (Phi) is 5.33. The van der Waals surface area contributed by atoms with Crippen molar-refractivity contribution in [1.82, 2.24) is 0 Å². The number of carbonyl (C=O) groups excluding carboxylic acids is 1. The van der Waals surface area contributed by atoms with Gasteiger partial charge >= 0.3 is 5.97 Å². The fourth-order valence-electron chi connectivity index (χ4n) is 2.51. The van der Waals surface area contributed by atoms with Gasteiger partial charge in [-0.2, -0.15) is 0 Å². The first-order valence-electron chi connectivity index (χ1n) is 7.13. The molecule has 1 saturated heterocycles. The maximum atomic E-state index is 12.2. The highest BCUT2D eigenvalue weighted by Crippen LogP contribution is 2.29. The van der Waals surface area contributed by atoms with Crippen LogP contribution in [-0.2, 0) is 14.2 Å². The Morgan fingerprint density at radius 2 is 1.95 bits per heavy atom. The van der Waals surface area contributed by atoms with Crippen LogP contribution in [0.5, 0.6) is 0 Å². The molecule has 5 unspecified atom stereocenters. The summed E-state index contributed by atoms with van der Waals surface area (Å²) in [4.78, 5) is 12.2. The molecule has 1 fully saturated rings. The SMILES string of the molecule is COCC1OC(C)C(C)C(OC(=O)c2ccccc2)C1O. The molecule has 0 amide bonds. The van der Waals surface area contributed by atoms with Crippen molar-refractivity contribution < 1.29 is 24.1 Å². The van der Waals surface area contributed by atoms with Crippen LogP contribution in [0.1, 0.15) is 24.2 Å². The highest BCUT2D eigenvalue weighted by Gasteiger charge is 2.43. The normalized spacial score (nSPS) is 32.7. The Hall–Kier alpha value is -1.43. The van der Waals surface area contributed by atoms with Crippen LogP contribution in [0.15, 0.2) is 30.3 Å². The maximum absolute atomic E-state index is 12.2. The van der Waals surface area contributed by atoms with Crippen LogP contribution in [0.4, 0.5) is 0 Å². The highest BCUT2D eigenvalue weighted by atomic mass is 16.6. The zero-order chi connectivity index (χ0) is 15.4. The average Bonchev–Trinajstić information content (AvgIpc) is 2.50. The molecule has 1 N–H and O–H groups in total. The van der Waals surface area contributed by atoms with Gasteiger partial charge in [-0.05, 0) is 19.1 Å². The van der Waals surface area contributed by atoms with Crippen molar-refractivity contribution in [1.29, 1.82) is 0 Å². The smallest absolute Gasteiger partial charge is 0.338 e. The molecule has 0 aromatic heterocycles. The molecule has 5 nitrogen and oxygen atoms in total. The summed E-state index contributed by atoms with van der Waals surface area (Å²) in [5, 5.41) is 10.4. The van der Waals surface area contributed by atoms with E-state index in [1.54, 1.807) is 31.4 Å². The van der Waals surface area contributed by atoms with Crippen LogP contribution < -0.4 is 0 Å². The number of hydrogen-bond donors (Lipinski definition) is 1. The first-order chi connectivity index (χ1) is 10.0. The van der Waals surface area contributed by atoms with E-state index in [-0.39, 0.29) is 18.6 Å². The van der Waals surface area contributed by atoms with Crippen molar-refractivity contribution in [3.05, 3.63) is 35.9 Å². The number of rotatable bonds is 4. The maximum Gasteiger partial charge on any atom is 0.338 e. The summed E-state index contributed by atoms with van der Waals surface area (Å²) in [5.41, 5.74) is 0.472. The minimum atomic E-state index is -0.899. The van der Waals surface area contributed by atoms with E-state index in [4.69, 9.17) is 14.2 Å². The van der Waals surface area contributed by atoms with Crippen LogP contribution in [0.25, 0.3) is 0 Å². The number of carbonyl (C=O) groups is 1. The van der Waals surface area contributed by atoms with Gasteiger partial charge in [0, 0.05) is 13.0 Å². The zero-order valence-electron chi connectivity index (χ0n) is 12.6. The Labute approximate surface area is 124 Å². The molecule has 1 aliphatic rings. The summed E-state index contributed by atoms with van der Waals surface area (Å²) in [7, 11) is 1.55. The standard InChI is InChI=1S/C16H22O5/c1-10-11(2)20-13(9-19-3)14(17)15(10)21-16(18)12-7-5-4-6-8-12/h4-8,10-11,13-15,17H,9H2,1-3H3. The third-order valence-corrected chi connectivity index (χ3v) is 3.95. The van der Waals surface area contributed by atoms with Crippen LogP contribution in [0.2, 0.25) is 0 Å².